The fourth-order valence-corrected chi connectivity index (χ4v) is 1.81. The Balaban J connectivity index is 2.57. The molecule has 2 N–H and O–H groups in total. The summed E-state index contributed by atoms with van der Waals surface area (Å²) < 4.78 is 12.8. The van der Waals surface area contributed by atoms with Crippen LogP contribution in [0, 0.1) is 19.7 Å². The number of hydrogen-bond donors (Lipinski definition) is 1. The molecule has 0 bridgehead atoms. The number of benzene rings is 2. The van der Waals surface area contributed by atoms with Crippen LogP contribution in [0.2, 0.25) is 0 Å². The Morgan fingerprint density at radius 1 is 0.938 bits per heavy atom. The van der Waals surface area contributed by atoms with Crippen LogP contribution in [0.1, 0.15) is 11.1 Å². The molecule has 0 radical (unpaired) electrons. The second kappa shape index (κ2) is 3.97. The van der Waals surface area contributed by atoms with Gasteiger partial charge in [0.15, 0.2) is 0 Å². The Labute approximate surface area is 94.7 Å². The summed E-state index contributed by atoms with van der Waals surface area (Å²) in [6.07, 6.45) is 0. The van der Waals surface area contributed by atoms with Crippen LogP contribution in [0.3, 0.4) is 0 Å². The van der Waals surface area contributed by atoms with E-state index in [2.05, 4.69) is 0 Å². The van der Waals surface area contributed by atoms with Crippen molar-refractivity contribution in [2.24, 2.45) is 0 Å². The molecule has 0 aliphatic carbocycles. The molecule has 0 saturated heterocycles. The minimum atomic E-state index is -0.221. The van der Waals surface area contributed by atoms with Gasteiger partial charge in [-0.2, -0.15) is 0 Å². The van der Waals surface area contributed by atoms with Crippen molar-refractivity contribution in [2.45, 2.75) is 13.8 Å². The maximum atomic E-state index is 12.8. The molecule has 0 amide bonds. The van der Waals surface area contributed by atoms with Crippen molar-refractivity contribution in [1.29, 1.82) is 0 Å². The van der Waals surface area contributed by atoms with Crippen molar-refractivity contribution >= 4 is 5.69 Å². The van der Waals surface area contributed by atoms with Gasteiger partial charge in [0.25, 0.3) is 0 Å². The van der Waals surface area contributed by atoms with Crippen molar-refractivity contribution in [3.63, 3.8) is 0 Å². The van der Waals surface area contributed by atoms with Crippen molar-refractivity contribution in [3.8, 4) is 11.1 Å². The van der Waals surface area contributed by atoms with Gasteiger partial charge in [0.05, 0.1) is 0 Å². The summed E-state index contributed by atoms with van der Waals surface area (Å²) in [4.78, 5) is 0. The van der Waals surface area contributed by atoms with Crippen LogP contribution in [0.15, 0.2) is 36.4 Å². The summed E-state index contributed by atoms with van der Waals surface area (Å²) in [7, 11) is 0. The Hall–Kier alpha value is -1.83. The molecule has 2 aromatic carbocycles. The molecule has 2 rings (SSSR count). The molecular weight excluding hydrogens is 201 g/mol. The highest BCUT2D eigenvalue weighted by atomic mass is 19.1. The van der Waals surface area contributed by atoms with Gasteiger partial charge in [0.2, 0.25) is 0 Å². The van der Waals surface area contributed by atoms with Gasteiger partial charge in [-0.15, -0.1) is 0 Å². The van der Waals surface area contributed by atoms with E-state index in [1.54, 1.807) is 12.1 Å². The normalized spacial score (nSPS) is 10.4. The van der Waals surface area contributed by atoms with Crippen LogP contribution in [-0.4, -0.2) is 0 Å². The lowest BCUT2D eigenvalue weighted by molar-refractivity contribution is 0.628. The van der Waals surface area contributed by atoms with Crippen molar-refractivity contribution in [2.75, 3.05) is 5.73 Å². The molecule has 0 saturated carbocycles. The Kier molecular flexibility index (Phi) is 2.65. The van der Waals surface area contributed by atoms with Crippen LogP contribution < -0.4 is 5.73 Å². The molecule has 16 heavy (non-hydrogen) atoms. The molecule has 2 aromatic rings. The van der Waals surface area contributed by atoms with Crippen LogP contribution >= 0.6 is 0 Å². The van der Waals surface area contributed by atoms with E-state index in [1.165, 1.54) is 12.1 Å². The summed E-state index contributed by atoms with van der Waals surface area (Å²) >= 11 is 0. The van der Waals surface area contributed by atoms with Gasteiger partial charge in [-0.3, -0.25) is 0 Å². The SMILES string of the molecule is Cc1ccc(-c2ccc(F)cc2)c(C)c1N. The monoisotopic (exact) mass is 215 g/mol. The summed E-state index contributed by atoms with van der Waals surface area (Å²) in [6, 6.07) is 10.5. The predicted octanol–water partition coefficient (Wildman–Crippen LogP) is 3.69. The van der Waals surface area contributed by atoms with Crippen molar-refractivity contribution in [3.05, 3.63) is 53.3 Å². The topological polar surface area (TPSA) is 26.0 Å². The van der Waals surface area contributed by atoms with Gasteiger partial charge in [-0.05, 0) is 48.2 Å². The standard InChI is InChI=1S/C14H14FN/c1-9-3-8-13(10(2)14(9)16)11-4-6-12(15)7-5-11/h3-8H,16H2,1-2H3. The lowest BCUT2D eigenvalue weighted by Crippen LogP contribution is -1.95. The van der Waals surface area contributed by atoms with Gasteiger partial charge < -0.3 is 5.73 Å². The molecule has 0 unspecified atom stereocenters. The van der Waals surface area contributed by atoms with E-state index in [0.29, 0.717) is 0 Å². The third kappa shape index (κ3) is 1.78. The first kappa shape index (κ1) is 10.7. The highest BCUT2D eigenvalue weighted by Gasteiger charge is 2.06. The number of halogens is 1. The summed E-state index contributed by atoms with van der Waals surface area (Å²) in [5, 5.41) is 0. The largest absolute Gasteiger partial charge is 0.398 e. The minimum Gasteiger partial charge on any atom is -0.398 e. The fourth-order valence-electron chi connectivity index (χ4n) is 1.81. The molecule has 0 atom stereocenters. The number of nitrogens with two attached hydrogens (primary N) is 1. The summed E-state index contributed by atoms with van der Waals surface area (Å²) in [6.45, 7) is 3.97. The average Bonchev–Trinajstić information content (AvgIpc) is 2.28. The van der Waals surface area contributed by atoms with E-state index in [0.717, 1.165) is 27.9 Å². The Morgan fingerprint density at radius 2 is 1.56 bits per heavy atom. The summed E-state index contributed by atoms with van der Waals surface area (Å²) in [5.74, 6) is -0.221. The lowest BCUT2D eigenvalue weighted by atomic mass is 9.97. The predicted molar refractivity (Wildman–Crippen MR) is 65.7 cm³/mol. The van der Waals surface area contributed by atoms with E-state index < -0.39 is 0 Å². The van der Waals surface area contributed by atoms with E-state index >= 15 is 0 Å². The van der Waals surface area contributed by atoms with Crippen LogP contribution in [-0.2, 0) is 0 Å². The van der Waals surface area contributed by atoms with Gasteiger partial charge in [-0.1, -0.05) is 24.3 Å². The first-order valence-electron chi connectivity index (χ1n) is 5.21. The average molecular weight is 215 g/mol. The second-order valence-electron chi connectivity index (χ2n) is 3.98. The number of anilines is 1. The minimum absolute atomic E-state index is 0.221. The first-order valence-corrected chi connectivity index (χ1v) is 5.21. The van der Waals surface area contributed by atoms with Gasteiger partial charge in [-0.25, -0.2) is 4.39 Å². The van der Waals surface area contributed by atoms with Gasteiger partial charge in [0.1, 0.15) is 5.82 Å². The number of hydrogen-bond acceptors (Lipinski definition) is 1. The molecule has 2 heteroatoms. The van der Waals surface area contributed by atoms with Gasteiger partial charge in [0, 0.05) is 5.69 Å². The van der Waals surface area contributed by atoms with E-state index in [-0.39, 0.29) is 5.82 Å². The van der Waals surface area contributed by atoms with Crippen molar-refractivity contribution < 1.29 is 4.39 Å². The van der Waals surface area contributed by atoms with Crippen LogP contribution in [0.4, 0.5) is 10.1 Å². The van der Waals surface area contributed by atoms with E-state index in [1.807, 2.05) is 26.0 Å². The Bertz CT molecular complexity index is 515. The number of rotatable bonds is 1. The molecule has 0 fully saturated rings. The molecule has 0 aliphatic rings. The zero-order valence-corrected chi connectivity index (χ0v) is 9.42. The second-order valence-corrected chi connectivity index (χ2v) is 3.98. The first-order chi connectivity index (χ1) is 7.59. The maximum absolute atomic E-state index is 12.8. The van der Waals surface area contributed by atoms with Crippen LogP contribution in [0.5, 0.6) is 0 Å². The number of nitrogen functional groups attached to an aromatic ring is 1. The highest BCUT2D eigenvalue weighted by Crippen LogP contribution is 2.29. The molecule has 0 heterocycles. The van der Waals surface area contributed by atoms with E-state index in [4.69, 9.17) is 5.73 Å². The smallest absolute Gasteiger partial charge is 0.123 e. The lowest BCUT2D eigenvalue weighted by Gasteiger charge is -2.11. The quantitative estimate of drug-likeness (QED) is 0.721. The van der Waals surface area contributed by atoms with Crippen molar-refractivity contribution in [1.82, 2.24) is 0 Å². The molecule has 0 spiro atoms. The highest BCUT2D eigenvalue weighted by molar-refractivity contribution is 5.74. The van der Waals surface area contributed by atoms with E-state index in [9.17, 15) is 4.39 Å². The third-order valence-electron chi connectivity index (χ3n) is 2.89. The third-order valence-corrected chi connectivity index (χ3v) is 2.89. The fraction of sp³-hybridized carbons (Fsp3) is 0.143. The zero-order valence-electron chi connectivity index (χ0n) is 9.42. The zero-order chi connectivity index (χ0) is 11.7. The molecular formula is C14H14FN. The summed E-state index contributed by atoms with van der Waals surface area (Å²) in [5.41, 5.74) is 11.0. The van der Waals surface area contributed by atoms with Gasteiger partial charge >= 0.3 is 0 Å². The molecule has 0 aliphatic heterocycles. The molecule has 1 nitrogen and oxygen atoms in total. The number of aryl methyl sites for hydroxylation is 1. The molecule has 0 aromatic heterocycles. The van der Waals surface area contributed by atoms with Crippen LogP contribution in [0.25, 0.3) is 11.1 Å². The molecule has 82 valence electrons. The Morgan fingerprint density at radius 3 is 2.19 bits per heavy atom. The maximum Gasteiger partial charge on any atom is 0.123 e.